The van der Waals surface area contributed by atoms with Crippen LogP contribution < -0.4 is 9.62 Å². The molecule has 7 nitrogen and oxygen atoms in total. The standard InChI is InChI=1S/C32H40ClN3O4S/c1-7-29(32(38)34-19-22(2)3)35(20-26-10-8-9-24(5)17-26)31(37)21-36(30-16-13-27(33)18-25(30)6)41(39,40)28-14-11-23(4)12-15-28/h8-18,22,29H,7,19-21H2,1-6H3,(H,34,38)/t29-/m1/s1. The van der Waals surface area contributed by atoms with Gasteiger partial charge in [-0.05, 0) is 74.6 Å². The molecule has 0 aromatic heterocycles. The van der Waals surface area contributed by atoms with E-state index in [1.54, 1.807) is 37.3 Å². The third kappa shape index (κ3) is 8.33. The number of nitrogens with one attached hydrogen (secondary N) is 1. The summed E-state index contributed by atoms with van der Waals surface area (Å²) in [5.74, 6) is -0.513. The number of carbonyl (C=O) groups excluding carboxylic acids is 2. The number of carbonyl (C=O) groups is 2. The summed E-state index contributed by atoms with van der Waals surface area (Å²) < 4.78 is 29.2. The molecule has 3 aromatic rings. The van der Waals surface area contributed by atoms with Crippen LogP contribution in [-0.4, -0.2) is 44.3 Å². The topological polar surface area (TPSA) is 86.8 Å². The summed E-state index contributed by atoms with van der Waals surface area (Å²) in [6, 6.07) is 18.3. The normalized spacial score (nSPS) is 12.2. The van der Waals surface area contributed by atoms with Gasteiger partial charge >= 0.3 is 0 Å². The van der Waals surface area contributed by atoms with Crippen molar-refractivity contribution in [3.05, 3.63) is 94.0 Å². The number of nitrogens with zero attached hydrogens (tertiary/aromatic N) is 2. The summed E-state index contributed by atoms with van der Waals surface area (Å²) in [6.07, 6.45) is 0.367. The zero-order chi connectivity index (χ0) is 30.3. The van der Waals surface area contributed by atoms with Gasteiger partial charge < -0.3 is 10.2 Å². The highest BCUT2D eigenvalue weighted by Crippen LogP contribution is 2.29. The third-order valence-corrected chi connectivity index (χ3v) is 8.83. The molecule has 1 atom stereocenters. The number of hydrogen-bond donors (Lipinski definition) is 1. The van der Waals surface area contributed by atoms with Crippen molar-refractivity contribution in [3.8, 4) is 0 Å². The minimum atomic E-state index is -4.15. The number of hydrogen-bond acceptors (Lipinski definition) is 4. The average molecular weight is 598 g/mol. The SMILES string of the molecule is CC[C@H](C(=O)NCC(C)C)N(Cc1cccc(C)c1)C(=O)CN(c1ccc(Cl)cc1C)S(=O)(=O)c1ccc(C)cc1. The molecule has 0 aliphatic carbocycles. The first-order valence-electron chi connectivity index (χ1n) is 13.8. The van der Waals surface area contributed by atoms with Gasteiger partial charge in [0, 0.05) is 18.1 Å². The van der Waals surface area contributed by atoms with Gasteiger partial charge in [-0.1, -0.05) is 79.9 Å². The zero-order valence-corrected chi connectivity index (χ0v) is 26.2. The van der Waals surface area contributed by atoms with Crippen molar-refractivity contribution < 1.29 is 18.0 Å². The molecule has 3 aromatic carbocycles. The Morgan fingerprint density at radius 3 is 2.20 bits per heavy atom. The maximum absolute atomic E-state index is 14.2. The van der Waals surface area contributed by atoms with E-state index >= 15 is 0 Å². The lowest BCUT2D eigenvalue weighted by atomic mass is 10.1. The van der Waals surface area contributed by atoms with Crippen molar-refractivity contribution in [2.45, 2.75) is 65.4 Å². The lowest BCUT2D eigenvalue weighted by Crippen LogP contribution is -2.52. The first-order chi connectivity index (χ1) is 19.3. The van der Waals surface area contributed by atoms with Crippen molar-refractivity contribution >= 4 is 39.1 Å². The number of halogens is 1. The monoisotopic (exact) mass is 597 g/mol. The predicted octanol–water partition coefficient (Wildman–Crippen LogP) is 6.04. The zero-order valence-electron chi connectivity index (χ0n) is 24.6. The van der Waals surface area contributed by atoms with Crippen molar-refractivity contribution in [3.63, 3.8) is 0 Å². The summed E-state index contributed by atoms with van der Waals surface area (Å²) in [4.78, 5) is 29.1. The Balaban J connectivity index is 2.08. The fourth-order valence-corrected chi connectivity index (χ4v) is 6.30. The molecule has 0 saturated heterocycles. The van der Waals surface area contributed by atoms with Crippen molar-refractivity contribution in [2.75, 3.05) is 17.4 Å². The molecule has 0 bridgehead atoms. The van der Waals surface area contributed by atoms with Crippen LogP contribution in [0.4, 0.5) is 5.69 Å². The number of amides is 2. The molecule has 0 saturated carbocycles. The van der Waals surface area contributed by atoms with Crippen LogP contribution in [0.1, 0.15) is 49.4 Å². The van der Waals surface area contributed by atoms with Gasteiger partial charge in [0.2, 0.25) is 11.8 Å². The molecule has 0 aliphatic rings. The number of rotatable bonds is 12. The van der Waals surface area contributed by atoms with E-state index in [1.807, 2.05) is 58.9 Å². The second-order valence-electron chi connectivity index (χ2n) is 10.8. The first kappa shape index (κ1) is 32.2. The maximum atomic E-state index is 14.2. The van der Waals surface area contributed by atoms with Gasteiger partial charge in [0.05, 0.1) is 10.6 Å². The molecule has 0 fully saturated rings. The van der Waals surface area contributed by atoms with E-state index in [0.717, 1.165) is 21.0 Å². The van der Waals surface area contributed by atoms with E-state index < -0.39 is 28.5 Å². The second-order valence-corrected chi connectivity index (χ2v) is 13.1. The second kappa shape index (κ2) is 14.0. The van der Waals surface area contributed by atoms with Crippen LogP contribution in [0.25, 0.3) is 0 Å². The Bertz CT molecular complexity index is 1470. The molecule has 2 amide bonds. The van der Waals surface area contributed by atoms with Gasteiger partial charge in [-0.2, -0.15) is 0 Å². The summed E-state index contributed by atoms with van der Waals surface area (Å²) in [5.41, 5.74) is 3.73. The summed E-state index contributed by atoms with van der Waals surface area (Å²) in [7, 11) is -4.15. The fourth-order valence-electron chi connectivity index (χ4n) is 4.60. The van der Waals surface area contributed by atoms with Gasteiger partial charge in [0.15, 0.2) is 0 Å². The summed E-state index contributed by atoms with van der Waals surface area (Å²) in [6.45, 7) is 11.6. The van der Waals surface area contributed by atoms with Gasteiger partial charge in [-0.3, -0.25) is 13.9 Å². The fraction of sp³-hybridized carbons (Fsp3) is 0.375. The third-order valence-electron chi connectivity index (χ3n) is 6.82. The molecule has 0 unspecified atom stereocenters. The van der Waals surface area contributed by atoms with Gasteiger partial charge in [0.1, 0.15) is 12.6 Å². The Labute approximate surface area is 249 Å². The molecule has 0 aliphatic heterocycles. The largest absolute Gasteiger partial charge is 0.354 e. The highest BCUT2D eigenvalue weighted by Gasteiger charge is 2.34. The average Bonchev–Trinajstić information content (AvgIpc) is 2.91. The van der Waals surface area contributed by atoms with E-state index in [0.29, 0.717) is 29.2 Å². The smallest absolute Gasteiger partial charge is 0.264 e. The Morgan fingerprint density at radius 1 is 0.927 bits per heavy atom. The summed E-state index contributed by atoms with van der Waals surface area (Å²) >= 11 is 6.19. The van der Waals surface area contributed by atoms with Crippen LogP contribution in [0.2, 0.25) is 5.02 Å². The molecule has 9 heteroatoms. The van der Waals surface area contributed by atoms with E-state index in [9.17, 15) is 18.0 Å². The number of benzene rings is 3. The predicted molar refractivity (Wildman–Crippen MR) is 166 cm³/mol. The van der Waals surface area contributed by atoms with Gasteiger partial charge in [-0.25, -0.2) is 8.42 Å². The van der Waals surface area contributed by atoms with Crippen LogP contribution in [0.15, 0.2) is 71.6 Å². The van der Waals surface area contributed by atoms with Crippen molar-refractivity contribution in [1.29, 1.82) is 0 Å². The summed E-state index contributed by atoms with van der Waals surface area (Å²) in [5, 5.41) is 3.41. The van der Waals surface area contributed by atoms with Crippen LogP contribution in [0, 0.1) is 26.7 Å². The minimum absolute atomic E-state index is 0.0669. The highest BCUT2D eigenvalue weighted by atomic mass is 35.5. The lowest BCUT2D eigenvalue weighted by molar-refractivity contribution is -0.140. The van der Waals surface area contributed by atoms with Crippen LogP contribution in [0.3, 0.4) is 0 Å². The van der Waals surface area contributed by atoms with E-state index in [-0.39, 0.29) is 23.3 Å². The number of sulfonamides is 1. The van der Waals surface area contributed by atoms with Crippen LogP contribution >= 0.6 is 11.6 Å². The van der Waals surface area contributed by atoms with E-state index in [4.69, 9.17) is 11.6 Å². The molecular formula is C32H40ClN3O4S. The Hall–Kier alpha value is -3.36. The number of anilines is 1. The molecule has 3 rings (SSSR count). The minimum Gasteiger partial charge on any atom is -0.354 e. The van der Waals surface area contributed by atoms with Crippen LogP contribution in [0.5, 0.6) is 0 Å². The Kier molecular flexibility index (Phi) is 11.0. The highest BCUT2D eigenvalue weighted by molar-refractivity contribution is 7.92. The van der Waals surface area contributed by atoms with Gasteiger partial charge in [0.25, 0.3) is 10.0 Å². The van der Waals surface area contributed by atoms with E-state index in [2.05, 4.69) is 5.32 Å². The molecule has 220 valence electrons. The molecular weight excluding hydrogens is 558 g/mol. The van der Waals surface area contributed by atoms with Gasteiger partial charge in [-0.15, -0.1) is 0 Å². The lowest BCUT2D eigenvalue weighted by Gasteiger charge is -2.33. The molecule has 1 N–H and O–H groups in total. The van der Waals surface area contributed by atoms with Crippen molar-refractivity contribution in [1.82, 2.24) is 10.2 Å². The molecule has 0 spiro atoms. The Morgan fingerprint density at radius 2 is 1.61 bits per heavy atom. The number of aryl methyl sites for hydroxylation is 3. The molecule has 0 radical (unpaired) electrons. The first-order valence-corrected chi connectivity index (χ1v) is 15.6. The molecule has 41 heavy (non-hydrogen) atoms. The van der Waals surface area contributed by atoms with Crippen molar-refractivity contribution in [2.24, 2.45) is 5.92 Å². The quantitative estimate of drug-likeness (QED) is 0.276. The molecule has 0 heterocycles. The van der Waals surface area contributed by atoms with E-state index in [1.165, 1.54) is 17.0 Å². The maximum Gasteiger partial charge on any atom is 0.264 e. The van der Waals surface area contributed by atoms with Crippen LogP contribution in [-0.2, 0) is 26.2 Å².